The van der Waals surface area contributed by atoms with Gasteiger partial charge in [-0.1, -0.05) is 6.42 Å². The van der Waals surface area contributed by atoms with Gasteiger partial charge in [0.25, 0.3) is 0 Å². The second kappa shape index (κ2) is 12.2. The number of piperidine rings is 1. The van der Waals surface area contributed by atoms with Gasteiger partial charge in [0.2, 0.25) is 5.95 Å². The number of guanidine groups is 1. The molecule has 1 atom stereocenters. The Bertz CT molecular complexity index is 772. The summed E-state index contributed by atoms with van der Waals surface area (Å²) < 4.78 is 5.78. The molecule has 170 valence electrons. The number of piperazine rings is 1. The molecule has 0 aliphatic carbocycles. The lowest BCUT2D eigenvalue weighted by molar-refractivity contribution is 0.150. The predicted octanol–water partition coefficient (Wildman–Crippen LogP) is 3.00. The summed E-state index contributed by atoms with van der Waals surface area (Å²) in [5.74, 6) is 2.81. The second-order valence-electron chi connectivity index (χ2n) is 7.85. The number of anilines is 1. The quantitative estimate of drug-likeness (QED) is 0.344. The summed E-state index contributed by atoms with van der Waals surface area (Å²) in [5, 5.41) is 3.49. The normalized spacial score (nSPS) is 19.1. The van der Waals surface area contributed by atoms with E-state index in [2.05, 4.69) is 43.0 Å². The maximum atomic E-state index is 5.78. The van der Waals surface area contributed by atoms with E-state index in [9.17, 15) is 0 Å². The maximum Gasteiger partial charge on any atom is 0.225 e. The first-order chi connectivity index (χ1) is 14.8. The van der Waals surface area contributed by atoms with Crippen molar-refractivity contribution >= 4 is 35.9 Å². The Morgan fingerprint density at radius 3 is 2.45 bits per heavy atom. The lowest BCUT2D eigenvalue weighted by Gasteiger charge is -2.37. The SMILES string of the molecule is CCNC(=NCC(c1ccco1)N1CCCCC1)N1CCN(c2ncccn2)CC1.I. The van der Waals surface area contributed by atoms with E-state index in [1.54, 1.807) is 18.7 Å². The summed E-state index contributed by atoms with van der Waals surface area (Å²) in [6, 6.07) is 6.12. The lowest BCUT2D eigenvalue weighted by Crippen LogP contribution is -2.53. The second-order valence-corrected chi connectivity index (χ2v) is 7.85. The van der Waals surface area contributed by atoms with Gasteiger partial charge in [-0.25, -0.2) is 9.97 Å². The van der Waals surface area contributed by atoms with E-state index >= 15 is 0 Å². The number of likely N-dealkylation sites (tertiary alicyclic amines) is 1. The molecule has 2 aromatic rings. The fraction of sp³-hybridized carbons (Fsp3) is 0.591. The third kappa shape index (κ3) is 6.31. The highest BCUT2D eigenvalue weighted by molar-refractivity contribution is 14.0. The average molecular weight is 539 g/mol. The average Bonchev–Trinajstić information content (AvgIpc) is 3.35. The van der Waals surface area contributed by atoms with Gasteiger partial charge in [-0.3, -0.25) is 9.89 Å². The molecular formula is C22H34IN7O. The number of nitrogens with one attached hydrogen (secondary N) is 1. The minimum absolute atomic E-state index is 0. The molecule has 4 rings (SSSR count). The van der Waals surface area contributed by atoms with Crippen LogP contribution in [-0.2, 0) is 0 Å². The van der Waals surface area contributed by atoms with E-state index in [0.29, 0.717) is 6.54 Å². The molecule has 0 bridgehead atoms. The molecule has 0 amide bonds. The molecule has 0 spiro atoms. The summed E-state index contributed by atoms with van der Waals surface area (Å²) in [7, 11) is 0. The van der Waals surface area contributed by atoms with Crippen LogP contribution >= 0.6 is 24.0 Å². The van der Waals surface area contributed by atoms with Crippen LogP contribution in [0.1, 0.15) is 38.0 Å². The largest absolute Gasteiger partial charge is 0.468 e. The van der Waals surface area contributed by atoms with Crippen LogP contribution in [0.15, 0.2) is 46.3 Å². The highest BCUT2D eigenvalue weighted by atomic mass is 127. The summed E-state index contributed by atoms with van der Waals surface area (Å²) in [5.41, 5.74) is 0. The zero-order valence-electron chi connectivity index (χ0n) is 18.3. The molecule has 2 fully saturated rings. The smallest absolute Gasteiger partial charge is 0.225 e. The Morgan fingerprint density at radius 2 is 1.81 bits per heavy atom. The molecule has 2 saturated heterocycles. The monoisotopic (exact) mass is 539 g/mol. The van der Waals surface area contributed by atoms with Gasteiger partial charge in [0.1, 0.15) is 5.76 Å². The van der Waals surface area contributed by atoms with E-state index in [1.807, 2.05) is 12.1 Å². The summed E-state index contributed by atoms with van der Waals surface area (Å²) in [4.78, 5) is 20.9. The summed E-state index contributed by atoms with van der Waals surface area (Å²) >= 11 is 0. The van der Waals surface area contributed by atoms with Crippen molar-refractivity contribution in [2.24, 2.45) is 4.99 Å². The number of hydrogen-bond donors (Lipinski definition) is 1. The van der Waals surface area contributed by atoms with E-state index in [-0.39, 0.29) is 30.0 Å². The standard InChI is InChI=1S/C22H33N7O.HI/c1-2-23-21(28-13-15-29(16-14-28)22-24-9-7-10-25-22)26-18-19(20-8-6-17-30-20)27-11-4-3-5-12-27;/h6-10,17,19H,2-5,11-16,18H2,1H3,(H,23,26);1H. The van der Waals surface area contributed by atoms with Crippen LogP contribution in [0.3, 0.4) is 0 Å². The Kier molecular flexibility index (Phi) is 9.38. The van der Waals surface area contributed by atoms with Crippen LogP contribution in [-0.4, -0.2) is 78.1 Å². The molecule has 4 heterocycles. The Balaban J connectivity index is 0.00000272. The van der Waals surface area contributed by atoms with Crippen LogP contribution in [0, 0.1) is 0 Å². The van der Waals surface area contributed by atoms with Crippen LogP contribution in [0.4, 0.5) is 5.95 Å². The number of halogens is 1. The Hall–Kier alpha value is -1.88. The number of nitrogens with zero attached hydrogens (tertiary/aromatic N) is 6. The van der Waals surface area contributed by atoms with Gasteiger partial charge in [0, 0.05) is 45.1 Å². The van der Waals surface area contributed by atoms with E-state index in [1.165, 1.54) is 19.3 Å². The van der Waals surface area contributed by atoms with Crippen LogP contribution in [0.25, 0.3) is 0 Å². The predicted molar refractivity (Wildman–Crippen MR) is 134 cm³/mol. The highest BCUT2D eigenvalue weighted by Gasteiger charge is 2.26. The van der Waals surface area contributed by atoms with Crippen molar-refractivity contribution < 1.29 is 4.42 Å². The lowest BCUT2D eigenvalue weighted by atomic mass is 10.1. The zero-order chi connectivity index (χ0) is 20.6. The molecule has 8 nitrogen and oxygen atoms in total. The van der Waals surface area contributed by atoms with Crippen molar-refractivity contribution in [2.75, 3.05) is 57.3 Å². The minimum atomic E-state index is 0. The first kappa shape index (κ1) is 23.8. The fourth-order valence-corrected chi connectivity index (χ4v) is 4.27. The maximum absolute atomic E-state index is 5.78. The molecule has 1 unspecified atom stereocenters. The van der Waals surface area contributed by atoms with Gasteiger partial charge in [-0.15, -0.1) is 24.0 Å². The summed E-state index contributed by atoms with van der Waals surface area (Å²) in [6.45, 7) is 9.51. The number of furan rings is 1. The third-order valence-electron chi connectivity index (χ3n) is 5.87. The molecule has 0 aromatic carbocycles. The third-order valence-corrected chi connectivity index (χ3v) is 5.87. The van der Waals surface area contributed by atoms with E-state index in [0.717, 1.165) is 63.5 Å². The van der Waals surface area contributed by atoms with Crippen molar-refractivity contribution in [1.29, 1.82) is 0 Å². The first-order valence-corrected chi connectivity index (χ1v) is 11.2. The van der Waals surface area contributed by atoms with Gasteiger partial charge < -0.3 is 19.5 Å². The van der Waals surface area contributed by atoms with Crippen molar-refractivity contribution in [3.63, 3.8) is 0 Å². The Labute approximate surface area is 202 Å². The molecule has 31 heavy (non-hydrogen) atoms. The molecule has 2 aliphatic heterocycles. The number of aliphatic imine (C=N–C) groups is 1. The topological polar surface area (TPSA) is 73.0 Å². The van der Waals surface area contributed by atoms with Crippen molar-refractivity contribution in [2.45, 2.75) is 32.2 Å². The molecule has 2 aliphatic rings. The molecule has 1 N–H and O–H groups in total. The van der Waals surface area contributed by atoms with Gasteiger partial charge in [0.15, 0.2) is 5.96 Å². The molecule has 9 heteroatoms. The van der Waals surface area contributed by atoms with E-state index in [4.69, 9.17) is 9.41 Å². The zero-order valence-corrected chi connectivity index (χ0v) is 20.6. The fourth-order valence-electron chi connectivity index (χ4n) is 4.27. The van der Waals surface area contributed by atoms with Crippen LogP contribution < -0.4 is 10.2 Å². The molecular weight excluding hydrogens is 505 g/mol. The van der Waals surface area contributed by atoms with Crippen LogP contribution in [0.2, 0.25) is 0 Å². The van der Waals surface area contributed by atoms with Gasteiger partial charge >= 0.3 is 0 Å². The summed E-state index contributed by atoms with van der Waals surface area (Å²) in [6.07, 6.45) is 9.20. The van der Waals surface area contributed by atoms with Crippen molar-refractivity contribution in [3.8, 4) is 0 Å². The highest BCUT2D eigenvalue weighted by Crippen LogP contribution is 2.25. The molecule has 0 radical (unpaired) electrons. The molecule has 0 saturated carbocycles. The van der Waals surface area contributed by atoms with Crippen molar-refractivity contribution in [1.82, 2.24) is 25.1 Å². The minimum Gasteiger partial charge on any atom is -0.468 e. The van der Waals surface area contributed by atoms with E-state index < -0.39 is 0 Å². The number of hydrogen-bond acceptors (Lipinski definition) is 6. The van der Waals surface area contributed by atoms with Gasteiger partial charge in [0.05, 0.1) is 18.8 Å². The number of aromatic nitrogens is 2. The number of rotatable bonds is 6. The van der Waals surface area contributed by atoms with Gasteiger partial charge in [-0.2, -0.15) is 0 Å². The first-order valence-electron chi connectivity index (χ1n) is 11.2. The van der Waals surface area contributed by atoms with Crippen molar-refractivity contribution in [3.05, 3.63) is 42.6 Å². The molecule has 2 aromatic heterocycles. The van der Waals surface area contributed by atoms with Crippen LogP contribution in [0.5, 0.6) is 0 Å². The Morgan fingerprint density at radius 1 is 1.06 bits per heavy atom. The van der Waals surface area contributed by atoms with Gasteiger partial charge in [-0.05, 0) is 51.1 Å².